The summed E-state index contributed by atoms with van der Waals surface area (Å²) in [5.74, 6) is -1.58. The van der Waals surface area contributed by atoms with Crippen molar-refractivity contribution in [1.82, 2.24) is 30.4 Å². The van der Waals surface area contributed by atoms with Crippen molar-refractivity contribution in [2.45, 2.75) is 112 Å². The molecular weight excluding hydrogens is 788 g/mol. The molecular formula is C46H48Cl2FN7O3. The lowest BCUT2D eigenvalue weighted by molar-refractivity contribution is -0.137. The van der Waals surface area contributed by atoms with Gasteiger partial charge in [0.2, 0.25) is 11.8 Å². The highest BCUT2D eigenvalue weighted by atomic mass is 35.5. The Hall–Kier alpha value is -4.68. The third kappa shape index (κ3) is 6.56. The number of benzene rings is 3. The van der Waals surface area contributed by atoms with Gasteiger partial charge in [-0.25, -0.2) is 14.4 Å². The molecule has 3 fully saturated rings. The molecule has 2 aromatic heterocycles. The van der Waals surface area contributed by atoms with Crippen LogP contribution in [0.4, 0.5) is 10.1 Å². The maximum absolute atomic E-state index is 17.1. The molecule has 10 nitrogen and oxygen atoms in total. The van der Waals surface area contributed by atoms with Crippen molar-refractivity contribution >= 4 is 40.7 Å². The van der Waals surface area contributed by atoms with Crippen LogP contribution < -0.4 is 10.6 Å². The average Bonchev–Trinajstić information content (AvgIpc) is 3.94. The summed E-state index contributed by atoms with van der Waals surface area (Å²) in [4.78, 5) is 42.2. The van der Waals surface area contributed by atoms with Gasteiger partial charge in [0, 0.05) is 40.3 Å². The van der Waals surface area contributed by atoms with E-state index in [-0.39, 0.29) is 39.9 Å². The number of H-pyrrole nitrogens is 1. The number of pyridine rings is 1. The topological polar surface area (TPSA) is 136 Å². The zero-order valence-corrected chi connectivity index (χ0v) is 34.6. The fourth-order valence-corrected chi connectivity index (χ4v) is 11.5. The van der Waals surface area contributed by atoms with Crippen molar-refractivity contribution in [2.24, 2.45) is 5.41 Å². The number of carbonyl (C=O) groups excluding carboxylic acids is 2. The van der Waals surface area contributed by atoms with Crippen LogP contribution in [0, 0.1) is 11.2 Å². The fraction of sp³-hybridized carbons (Fsp3) is 0.413. The van der Waals surface area contributed by atoms with Gasteiger partial charge in [0.05, 0.1) is 18.2 Å². The first-order valence-electron chi connectivity index (χ1n) is 20.6. The van der Waals surface area contributed by atoms with E-state index in [1.165, 1.54) is 12.5 Å². The minimum Gasteiger partial charge on any atom is -0.386 e. The molecule has 5 atom stereocenters. The number of carbonyl (C=O) groups is 2. The zero-order chi connectivity index (χ0) is 41.1. The van der Waals surface area contributed by atoms with Gasteiger partial charge < -0.3 is 15.7 Å². The molecule has 306 valence electrons. The largest absolute Gasteiger partial charge is 0.386 e. The molecule has 9 rings (SSSR count). The molecule has 3 aromatic carbocycles. The number of amides is 2. The van der Waals surface area contributed by atoms with Crippen LogP contribution in [0.15, 0.2) is 97.5 Å². The summed E-state index contributed by atoms with van der Waals surface area (Å²) in [5.41, 5.74) is -0.107. The normalized spacial score (nSPS) is 27.0. The van der Waals surface area contributed by atoms with E-state index in [0.29, 0.717) is 60.4 Å². The van der Waals surface area contributed by atoms with Gasteiger partial charge in [-0.1, -0.05) is 104 Å². The second-order valence-corrected chi connectivity index (χ2v) is 18.4. The van der Waals surface area contributed by atoms with E-state index < -0.39 is 40.9 Å². The molecule has 2 amide bonds. The first kappa shape index (κ1) is 39.8. The van der Waals surface area contributed by atoms with Crippen molar-refractivity contribution < 1.29 is 19.1 Å². The molecule has 2 saturated carbocycles. The Morgan fingerprint density at radius 1 is 0.915 bits per heavy atom. The van der Waals surface area contributed by atoms with Gasteiger partial charge in [-0.05, 0) is 97.2 Å². The minimum atomic E-state index is -1.55. The highest BCUT2D eigenvalue weighted by Gasteiger charge is 2.77. The molecule has 1 unspecified atom stereocenters. The maximum atomic E-state index is 17.1. The third-order valence-corrected chi connectivity index (χ3v) is 14.5. The Kier molecular flexibility index (Phi) is 10.4. The minimum absolute atomic E-state index is 0.0977. The summed E-state index contributed by atoms with van der Waals surface area (Å²) in [6, 6.07) is 23.8. The molecule has 1 saturated heterocycles. The lowest BCUT2D eigenvalue weighted by Gasteiger charge is -2.56. The first-order chi connectivity index (χ1) is 28.4. The van der Waals surface area contributed by atoms with E-state index >= 15 is 14.0 Å². The van der Waals surface area contributed by atoms with Crippen molar-refractivity contribution in [3.05, 3.63) is 142 Å². The molecule has 0 radical (unpaired) electrons. The highest BCUT2D eigenvalue weighted by Crippen LogP contribution is 2.70. The second kappa shape index (κ2) is 15.4. The number of nitrogens with zero attached hydrogens (tertiary/aromatic N) is 4. The van der Waals surface area contributed by atoms with Crippen molar-refractivity contribution in [3.8, 4) is 0 Å². The third-order valence-electron chi connectivity index (χ3n) is 14.0. The molecule has 2 spiro atoms. The standard InChI is InChI=1S/C46H48Cl2FN7O3/c1-44(2)20-22-45(23-21-44)46(33-18-15-30(47)25-34(33)54-43(46)59)35(32-19-24-50-40(48)36(32)49)38(42(58)53-31-16-13-29(14-17-31)41-51-26-52-55-41)56(45)37(27-9-5-3-6-10-27)39(57)28-11-7-4-8-12-28/h3-12,15,18-19,24-26,29,31,35,37-39,57H,13-14,16-17,20-23H2,1-2H3,(H,53,58)(H,54,59)(H,51,52,55)/t29?,31?,35-,37+,38+,39-,46?/m0/s1. The molecule has 5 aromatic rings. The maximum Gasteiger partial charge on any atom is 0.238 e. The van der Waals surface area contributed by atoms with Crippen molar-refractivity contribution in [3.63, 3.8) is 0 Å². The Labute approximate surface area is 353 Å². The molecule has 4 heterocycles. The highest BCUT2D eigenvalue weighted by molar-refractivity contribution is 6.31. The van der Waals surface area contributed by atoms with E-state index in [4.69, 9.17) is 23.2 Å². The van der Waals surface area contributed by atoms with Crippen LogP contribution in [0.3, 0.4) is 0 Å². The van der Waals surface area contributed by atoms with Crippen LogP contribution in [-0.2, 0) is 15.0 Å². The van der Waals surface area contributed by atoms with Crippen LogP contribution >= 0.6 is 23.2 Å². The van der Waals surface area contributed by atoms with Gasteiger partial charge >= 0.3 is 0 Å². The number of likely N-dealkylation sites (tertiary alicyclic amines) is 1. The first-order valence-corrected chi connectivity index (χ1v) is 21.3. The number of aliphatic hydroxyl groups is 1. The predicted octanol–water partition coefficient (Wildman–Crippen LogP) is 8.96. The molecule has 13 heteroatoms. The number of aromatic amines is 1. The zero-order valence-electron chi connectivity index (χ0n) is 33.0. The number of rotatable bonds is 8. The molecule has 59 heavy (non-hydrogen) atoms. The van der Waals surface area contributed by atoms with E-state index in [0.717, 1.165) is 24.2 Å². The lowest BCUT2D eigenvalue weighted by Crippen LogP contribution is -2.64. The molecule has 0 bridgehead atoms. The van der Waals surface area contributed by atoms with Crippen molar-refractivity contribution in [1.29, 1.82) is 0 Å². The Morgan fingerprint density at radius 2 is 1.59 bits per heavy atom. The van der Waals surface area contributed by atoms with Gasteiger partial charge in [0.25, 0.3) is 0 Å². The Morgan fingerprint density at radius 3 is 2.25 bits per heavy atom. The number of hydrogen-bond acceptors (Lipinski definition) is 7. The van der Waals surface area contributed by atoms with Crippen LogP contribution in [0.1, 0.15) is 117 Å². The predicted molar refractivity (Wildman–Crippen MR) is 224 cm³/mol. The quantitative estimate of drug-likeness (QED) is 0.115. The number of anilines is 1. The van der Waals surface area contributed by atoms with E-state index in [2.05, 4.69) is 49.5 Å². The fourth-order valence-electron chi connectivity index (χ4n) is 11.2. The SMILES string of the molecule is CC1(C)CCC2(CC1)N([C@H](c1ccccc1)[C@@H](O)c1ccccc1)[C@@H](C(=O)NC1CCC(c3ncn[nH]3)CC1)[C@H](c1ccnc(Cl)c1F)C21C(=O)Nc2cc(Cl)ccc21. The van der Waals surface area contributed by atoms with Gasteiger partial charge in [-0.15, -0.1) is 0 Å². The van der Waals surface area contributed by atoms with Crippen molar-refractivity contribution in [2.75, 3.05) is 5.32 Å². The molecule has 4 aliphatic rings. The summed E-state index contributed by atoms with van der Waals surface area (Å²) < 4.78 is 17.1. The summed E-state index contributed by atoms with van der Waals surface area (Å²) in [5, 5.41) is 26.7. The molecule has 2 aliphatic heterocycles. The number of nitrogens with one attached hydrogen (secondary N) is 3. The number of aromatic nitrogens is 4. The van der Waals surface area contributed by atoms with Crippen LogP contribution in [0.2, 0.25) is 10.2 Å². The number of aliphatic hydroxyl groups excluding tert-OH is 1. The summed E-state index contributed by atoms with van der Waals surface area (Å²) in [6.45, 7) is 4.45. The molecule has 2 aliphatic carbocycles. The summed E-state index contributed by atoms with van der Waals surface area (Å²) in [6.07, 6.45) is 7.09. The van der Waals surface area contributed by atoms with E-state index in [9.17, 15) is 5.11 Å². The van der Waals surface area contributed by atoms with Gasteiger partial charge in [0.15, 0.2) is 11.0 Å². The van der Waals surface area contributed by atoms with Gasteiger partial charge in [0.1, 0.15) is 17.6 Å². The lowest BCUT2D eigenvalue weighted by atomic mass is 9.53. The second-order valence-electron chi connectivity index (χ2n) is 17.6. The van der Waals surface area contributed by atoms with Gasteiger partial charge in [-0.3, -0.25) is 19.6 Å². The number of hydrogen-bond donors (Lipinski definition) is 4. The van der Waals surface area contributed by atoms with Crippen LogP contribution in [0.25, 0.3) is 0 Å². The number of fused-ring (bicyclic) bond motifs is 3. The number of halogens is 3. The summed E-state index contributed by atoms with van der Waals surface area (Å²) in [7, 11) is 0. The van der Waals surface area contributed by atoms with Crippen LogP contribution in [-0.4, -0.2) is 59.6 Å². The molecule has 4 N–H and O–H groups in total. The Bertz CT molecular complexity index is 2330. The van der Waals surface area contributed by atoms with Gasteiger partial charge in [-0.2, -0.15) is 5.10 Å². The average molecular weight is 837 g/mol. The van der Waals surface area contributed by atoms with E-state index in [1.54, 1.807) is 18.2 Å². The van der Waals surface area contributed by atoms with E-state index in [1.807, 2.05) is 66.7 Å². The smallest absolute Gasteiger partial charge is 0.238 e. The Balaban J connectivity index is 1.31. The monoisotopic (exact) mass is 835 g/mol. The van der Waals surface area contributed by atoms with Crippen LogP contribution in [0.5, 0.6) is 0 Å². The summed E-state index contributed by atoms with van der Waals surface area (Å²) >= 11 is 13.2.